The number of ether oxygens (including phenoxy) is 1. The van der Waals surface area contributed by atoms with Gasteiger partial charge in [0.15, 0.2) is 0 Å². The van der Waals surface area contributed by atoms with E-state index in [1.807, 2.05) is 6.92 Å². The Morgan fingerprint density at radius 3 is 1.90 bits per heavy atom. The van der Waals surface area contributed by atoms with Crippen LogP contribution in [-0.2, 0) is 21.0 Å². The molecule has 4 heteroatoms. The number of carbonyl (C=O) groups excluding carboxylic acids is 1. The van der Waals surface area contributed by atoms with Crippen LogP contribution < -0.4 is 9.26 Å². The predicted octanol–water partition coefficient (Wildman–Crippen LogP) is 7.11. The third-order valence-electron chi connectivity index (χ3n) is 6.10. The van der Waals surface area contributed by atoms with Gasteiger partial charge in [0.1, 0.15) is 17.4 Å². The molecule has 31 heavy (non-hydrogen) atoms. The lowest BCUT2D eigenvalue weighted by atomic mass is 9.76. The molecule has 0 saturated carbocycles. The highest BCUT2D eigenvalue weighted by Crippen LogP contribution is 2.48. The Bertz CT molecular complexity index is 1030. The summed E-state index contributed by atoms with van der Waals surface area (Å²) < 4.78 is 11.6. The molecule has 0 N–H and O–H groups in total. The number of carbonyl (C=O) groups is 1. The van der Waals surface area contributed by atoms with Crippen LogP contribution >= 0.6 is 9.47 Å². The molecule has 2 atom stereocenters. The highest BCUT2D eigenvalue weighted by molar-refractivity contribution is 7.10. The van der Waals surface area contributed by atoms with E-state index in [4.69, 9.17) is 9.26 Å². The van der Waals surface area contributed by atoms with Gasteiger partial charge in [-0.3, -0.25) is 4.79 Å². The van der Waals surface area contributed by atoms with Gasteiger partial charge in [-0.2, -0.15) is 0 Å². The first-order valence-corrected chi connectivity index (χ1v) is 11.4. The number of benzene rings is 2. The smallest absolute Gasteiger partial charge is 0.323 e. The maximum Gasteiger partial charge on any atom is 0.323 e. The summed E-state index contributed by atoms with van der Waals surface area (Å²) in [5.74, 6) is 0.950. The van der Waals surface area contributed by atoms with E-state index < -0.39 is 5.92 Å². The van der Waals surface area contributed by atoms with Crippen molar-refractivity contribution in [3.8, 4) is 11.5 Å². The quantitative estimate of drug-likeness (QED) is 0.284. The lowest BCUT2D eigenvalue weighted by molar-refractivity contribution is -0.133. The van der Waals surface area contributed by atoms with Gasteiger partial charge >= 0.3 is 5.97 Å². The molecule has 0 aliphatic carbocycles. The molecule has 2 aromatic carbocycles. The lowest BCUT2D eigenvalue weighted by Gasteiger charge is -2.27. The van der Waals surface area contributed by atoms with Crippen LogP contribution in [0.5, 0.6) is 11.5 Å². The summed E-state index contributed by atoms with van der Waals surface area (Å²) in [7, 11) is 2.36. The number of rotatable bonds is 2. The molecule has 0 saturated heterocycles. The van der Waals surface area contributed by atoms with Crippen LogP contribution in [0.2, 0.25) is 0 Å². The predicted molar refractivity (Wildman–Crippen MR) is 132 cm³/mol. The van der Waals surface area contributed by atoms with Gasteiger partial charge in [0.2, 0.25) is 0 Å². The van der Waals surface area contributed by atoms with E-state index in [0.717, 1.165) is 39.3 Å². The first-order valence-electron chi connectivity index (χ1n) is 11.0. The van der Waals surface area contributed by atoms with Crippen LogP contribution in [-0.4, -0.2) is 5.97 Å². The Labute approximate surface area is 190 Å². The normalized spacial score (nSPS) is 16.9. The van der Waals surface area contributed by atoms with Crippen molar-refractivity contribution in [2.24, 2.45) is 0 Å². The van der Waals surface area contributed by atoms with Crippen molar-refractivity contribution < 1.29 is 14.1 Å². The van der Waals surface area contributed by atoms with Gasteiger partial charge in [-0.25, -0.2) is 0 Å². The third-order valence-corrected chi connectivity index (χ3v) is 6.33. The number of hydrogen-bond donors (Lipinski definition) is 0. The van der Waals surface area contributed by atoms with E-state index in [1.54, 1.807) is 0 Å². The Balaban J connectivity index is 2.31. The van der Waals surface area contributed by atoms with E-state index in [1.165, 1.54) is 5.56 Å². The van der Waals surface area contributed by atoms with E-state index >= 15 is 0 Å². The number of aryl methyl sites for hydroxylation is 1. The zero-order valence-corrected chi connectivity index (χ0v) is 21.8. The van der Waals surface area contributed by atoms with E-state index in [-0.39, 0.29) is 22.2 Å². The minimum absolute atomic E-state index is 0.0329. The fourth-order valence-corrected chi connectivity index (χ4v) is 4.57. The topological polar surface area (TPSA) is 35.5 Å². The lowest BCUT2D eigenvalue weighted by Crippen LogP contribution is -2.17. The minimum Gasteiger partial charge on any atom is -0.480 e. The van der Waals surface area contributed by atoms with Gasteiger partial charge in [-0.15, -0.1) is 0 Å². The molecule has 0 fully saturated rings. The van der Waals surface area contributed by atoms with Crippen LogP contribution in [0.4, 0.5) is 0 Å². The molecule has 1 aliphatic heterocycles. The van der Waals surface area contributed by atoms with Crippen LogP contribution in [0.15, 0.2) is 24.3 Å². The Hall–Kier alpha value is -1.86. The number of esters is 1. The molecule has 3 rings (SSSR count). The summed E-state index contributed by atoms with van der Waals surface area (Å²) in [6, 6.07) is 8.57. The average Bonchev–Trinajstić information content (AvgIpc) is 2.93. The van der Waals surface area contributed by atoms with Crippen molar-refractivity contribution in [1.29, 1.82) is 0 Å². The molecule has 2 aromatic rings. The Kier molecular flexibility index (Phi) is 5.85. The van der Waals surface area contributed by atoms with E-state index in [0.29, 0.717) is 0 Å². The molecule has 2 unspecified atom stereocenters. The van der Waals surface area contributed by atoms with Gasteiger partial charge < -0.3 is 9.26 Å². The van der Waals surface area contributed by atoms with E-state index in [2.05, 4.69) is 96.0 Å². The number of hydrogen-bond acceptors (Lipinski definition) is 3. The molecule has 0 radical (unpaired) electrons. The van der Waals surface area contributed by atoms with Crippen molar-refractivity contribution in [1.82, 2.24) is 0 Å². The summed E-state index contributed by atoms with van der Waals surface area (Å²) in [5.41, 5.74) is 6.05. The van der Waals surface area contributed by atoms with Gasteiger partial charge in [-0.1, -0.05) is 86.6 Å². The summed E-state index contributed by atoms with van der Waals surface area (Å²) in [6.07, 6.45) is 0. The molecule has 0 amide bonds. The molecular formula is C27H37O3P. The second kappa shape index (κ2) is 7.62. The van der Waals surface area contributed by atoms with Gasteiger partial charge in [0, 0.05) is 16.7 Å². The van der Waals surface area contributed by atoms with Gasteiger partial charge in [0.05, 0.1) is 9.47 Å². The summed E-state index contributed by atoms with van der Waals surface area (Å²) in [4.78, 5) is 13.2. The maximum atomic E-state index is 13.2. The van der Waals surface area contributed by atoms with Gasteiger partial charge in [-0.05, 0) is 39.9 Å². The van der Waals surface area contributed by atoms with Crippen LogP contribution in [0.25, 0.3) is 0 Å². The van der Waals surface area contributed by atoms with Crippen molar-refractivity contribution >= 4 is 15.4 Å². The molecule has 3 nitrogen and oxygen atoms in total. The fourth-order valence-electron chi connectivity index (χ4n) is 4.25. The molecule has 1 heterocycles. The largest absolute Gasteiger partial charge is 0.480 e. The van der Waals surface area contributed by atoms with Crippen LogP contribution in [0, 0.1) is 6.92 Å². The molecule has 168 valence electrons. The average molecular weight is 441 g/mol. The first-order chi connectivity index (χ1) is 14.1. The molecular weight excluding hydrogens is 403 g/mol. The molecule has 0 aromatic heterocycles. The minimum atomic E-state index is -0.434. The summed E-state index contributed by atoms with van der Waals surface area (Å²) in [6.45, 7) is 21.7. The van der Waals surface area contributed by atoms with Crippen molar-refractivity contribution in [2.45, 2.75) is 91.4 Å². The zero-order valence-electron chi connectivity index (χ0n) is 20.7. The van der Waals surface area contributed by atoms with E-state index in [9.17, 15) is 4.79 Å². The third kappa shape index (κ3) is 4.40. The highest BCUT2D eigenvalue weighted by Gasteiger charge is 2.40. The van der Waals surface area contributed by atoms with Crippen molar-refractivity contribution in [3.05, 3.63) is 57.6 Å². The SMILES string of the molecule is Cc1cc(C2C(=O)Oc3c2cc(C(C)(C)C)cc3C(C)(C)C)cc(C(C)(C)C)c1OP. The highest BCUT2D eigenvalue weighted by atomic mass is 31.0. The molecule has 0 bridgehead atoms. The van der Waals surface area contributed by atoms with Crippen molar-refractivity contribution in [2.75, 3.05) is 0 Å². The van der Waals surface area contributed by atoms with Crippen LogP contribution in [0.1, 0.15) is 102 Å². The van der Waals surface area contributed by atoms with Crippen LogP contribution in [0.3, 0.4) is 0 Å². The molecule has 1 aliphatic rings. The second-order valence-electron chi connectivity index (χ2n) is 11.9. The fraction of sp³-hybridized carbons (Fsp3) is 0.519. The van der Waals surface area contributed by atoms with Gasteiger partial charge in [0.25, 0.3) is 0 Å². The Morgan fingerprint density at radius 2 is 1.42 bits per heavy atom. The second-order valence-corrected chi connectivity index (χ2v) is 12.1. The summed E-state index contributed by atoms with van der Waals surface area (Å²) in [5, 5.41) is 0. The Morgan fingerprint density at radius 1 is 0.839 bits per heavy atom. The van der Waals surface area contributed by atoms with Crippen molar-refractivity contribution in [3.63, 3.8) is 0 Å². The molecule has 0 spiro atoms. The maximum absolute atomic E-state index is 13.2. The zero-order chi connectivity index (χ0) is 23.5. The standard InChI is InChI=1S/C27H37O3P/c1-15-11-16(12-19(22(15)30-31)26(5,6)7)21-18-13-17(25(2,3)4)14-20(27(8,9)10)23(18)29-24(21)28/h11-14,21H,31H2,1-10H3. The number of fused-ring (bicyclic) bond motifs is 1. The monoisotopic (exact) mass is 440 g/mol. The summed E-state index contributed by atoms with van der Waals surface area (Å²) >= 11 is 0. The first kappa shape index (κ1) is 23.8.